The number of amides is 2. The highest BCUT2D eigenvalue weighted by Gasteiger charge is 2.33. The molecule has 0 radical (unpaired) electrons. The summed E-state index contributed by atoms with van der Waals surface area (Å²) in [4.78, 5) is 28.2. The van der Waals surface area contributed by atoms with Crippen LogP contribution in [0.25, 0.3) is 0 Å². The Kier molecular flexibility index (Phi) is 10.2. The number of carbonyl (C=O) groups excluding carboxylic acids is 2. The molecule has 0 aliphatic heterocycles. The standard InChI is InChI=1S/C26H36ClN3O4S/c1-7-23(26(32)28-19(4)5)29(16-20-12-8-10-14-22(20)27)25(31)17-30(35(6,33)34)24-15-11-9-13-21(24)18(2)3/h8-15,18-19,23H,7,16-17H2,1-6H3,(H,28,32). The number of benzene rings is 2. The number of sulfonamides is 1. The first-order valence-electron chi connectivity index (χ1n) is 11.8. The van der Waals surface area contributed by atoms with E-state index in [9.17, 15) is 18.0 Å². The SMILES string of the molecule is CCC(C(=O)NC(C)C)N(Cc1ccccc1Cl)C(=O)CN(c1ccccc1C(C)C)S(C)(=O)=O. The van der Waals surface area contributed by atoms with Crippen molar-refractivity contribution in [1.82, 2.24) is 10.2 Å². The van der Waals surface area contributed by atoms with E-state index in [-0.39, 0.29) is 24.4 Å². The average Bonchev–Trinajstić information content (AvgIpc) is 2.77. The topological polar surface area (TPSA) is 86.8 Å². The summed E-state index contributed by atoms with van der Waals surface area (Å²) in [6.07, 6.45) is 1.44. The lowest BCUT2D eigenvalue weighted by atomic mass is 10.0. The van der Waals surface area contributed by atoms with Gasteiger partial charge in [-0.05, 0) is 49.4 Å². The maximum atomic E-state index is 13.8. The van der Waals surface area contributed by atoms with Crippen LogP contribution < -0.4 is 9.62 Å². The van der Waals surface area contributed by atoms with Gasteiger partial charge >= 0.3 is 0 Å². The first-order chi connectivity index (χ1) is 16.4. The number of rotatable bonds is 11. The van der Waals surface area contributed by atoms with Crippen LogP contribution >= 0.6 is 11.6 Å². The molecule has 0 aliphatic rings. The Morgan fingerprint density at radius 2 is 1.60 bits per heavy atom. The van der Waals surface area contributed by atoms with Crippen molar-refractivity contribution in [2.45, 2.75) is 65.6 Å². The maximum absolute atomic E-state index is 13.8. The second kappa shape index (κ2) is 12.4. The lowest BCUT2D eigenvalue weighted by molar-refractivity contribution is -0.140. The zero-order valence-electron chi connectivity index (χ0n) is 21.3. The Labute approximate surface area is 214 Å². The van der Waals surface area contributed by atoms with Gasteiger partial charge in [0.25, 0.3) is 0 Å². The van der Waals surface area contributed by atoms with Crippen molar-refractivity contribution in [1.29, 1.82) is 0 Å². The average molecular weight is 522 g/mol. The molecule has 0 spiro atoms. The molecule has 192 valence electrons. The van der Waals surface area contributed by atoms with E-state index in [1.807, 2.05) is 46.8 Å². The van der Waals surface area contributed by atoms with E-state index >= 15 is 0 Å². The molecular formula is C26H36ClN3O4S. The lowest BCUT2D eigenvalue weighted by Crippen LogP contribution is -2.53. The van der Waals surface area contributed by atoms with Crippen LogP contribution in [0.2, 0.25) is 5.02 Å². The van der Waals surface area contributed by atoms with E-state index in [1.165, 1.54) is 4.90 Å². The number of para-hydroxylation sites is 1. The number of nitrogens with one attached hydrogen (secondary N) is 1. The van der Waals surface area contributed by atoms with Crippen molar-refractivity contribution in [3.05, 3.63) is 64.7 Å². The zero-order valence-corrected chi connectivity index (χ0v) is 22.9. The molecule has 0 aliphatic carbocycles. The first kappa shape index (κ1) is 28.7. The Bertz CT molecular complexity index is 1130. The summed E-state index contributed by atoms with van der Waals surface area (Å²) >= 11 is 6.37. The molecule has 1 unspecified atom stereocenters. The van der Waals surface area contributed by atoms with Crippen LogP contribution in [0.4, 0.5) is 5.69 Å². The van der Waals surface area contributed by atoms with Crippen LogP contribution in [0, 0.1) is 0 Å². The summed E-state index contributed by atoms with van der Waals surface area (Å²) in [5, 5.41) is 3.34. The van der Waals surface area contributed by atoms with Gasteiger partial charge in [-0.3, -0.25) is 13.9 Å². The minimum Gasteiger partial charge on any atom is -0.352 e. The largest absolute Gasteiger partial charge is 0.352 e. The minimum absolute atomic E-state index is 0.0463. The van der Waals surface area contributed by atoms with E-state index in [0.717, 1.165) is 16.1 Å². The Morgan fingerprint density at radius 3 is 2.14 bits per heavy atom. The molecule has 35 heavy (non-hydrogen) atoms. The molecule has 2 amide bonds. The number of nitrogens with zero attached hydrogens (tertiary/aromatic N) is 2. The monoisotopic (exact) mass is 521 g/mol. The van der Waals surface area contributed by atoms with Gasteiger partial charge < -0.3 is 10.2 Å². The van der Waals surface area contributed by atoms with Gasteiger partial charge in [-0.1, -0.05) is 68.8 Å². The minimum atomic E-state index is -3.80. The van der Waals surface area contributed by atoms with Crippen LogP contribution in [-0.2, 0) is 26.2 Å². The second-order valence-corrected chi connectivity index (χ2v) is 11.5. The summed E-state index contributed by atoms with van der Waals surface area (Å²) in [6, 6.07) is 13.3. The molecule has 2 aromatic carbocycles. The Morgan fingerprint density at radius 1 is 1.00 bits per heavy atom. The van der Waals surface area contributed by atoms with Crippen LogP contribution in [0.1, 0.15) is 58.1 Å². The summed E-state index contributed by atoms with van der Waals surface area (Å²) < 4.78 is 26.8. The number of halogens is 1. The second-order valence-electron chi connectivity index (χ2n) is 9.18. The normalized spacial score (nSPS) is 12.5. The van der Waals surface area contributed by atoms with Crippen molar-refractivity contribution >= 4 is 39.1 Å². The first-order valence-corrected chi connectivity index (χ1v) is 14.0. The molecule has 9 heteroatoms. The highest BCUT2D eigenvalue weighted by atomic mass is 35.5. The number of anilines is 1. The lowest BCUT2D eigenvalue weighted by Gasteiger charge is -2.34. The van der Waals surface area contributed by atoms with Crippen LogP contribution in [0.3, 0.4) is 0 Å². The molecule has 0 fully saturated rings. The molecule has 2 rings (SSSR count). The van der Waals surface area contributed by atoms with E-state index < -0.39 is 28.5 Å². The van der Waals surface area contributed by atoms with Gasteiger partial charge in [0.1, 0.15) is 12.6 Å². The molecule has 1 N–H and O–H groups in total. The third-order valence-corrected chi connectivity index (χ3v) is 7.12. The van der Waals surface area contributed by atoms with Gasteiger partial charge in [-0.25, -0.2) is 8.42 Å². The smallest absolute Gasteiger partial charge is 0.244 e. The number of carbonyl (C=O) groups is 2. The zero-order chi connectivity index (χ0) is 26.3. The summed E-state index contributed by atoms with van der Waals surface area (Å²) in [7, 11) is -3.80. The fraction of sp³-hybridized carbons (Fsp3) is 0.462. The van der Waals surface area contributed by atoms with E-state index in [0.29, 0.717) is 22.7 Å². The van der Waals surface area contributed by atoms with Crippen LogP contribution in [0.15, 0.2) is 48.5 Å². The molecule has 1 atom stereocenters. The van der Waals surface area contributed by atoms with Crippen LogP contribution in [-0.4, -0.2) is 50.0 Å². The molecule has 0 saturated heterocycles. The number of hydrogen-bond donors (Lipinski definition) is 1. The Hall–Kier alpha value is -2.58. The van der Waals surface area contributed by atoms with Gasteiger partial charge in [0.05, 0.1) is 11.9 Å². The van der Waals surface area contributed by atoms with Crippen molar-refractivity contribution < 1.29 is 18.0 Å². The van der Waals surface area contributed by atoms with E-state index in [4.69, 9.17) is 11.6 Å². The van der Waals surface area contributed by atoms with E-state index in [2.05, 4.69) is 5.32 Å². The third-order valence-electron chi connectivity index (χ3n) is 5.62. The van der Waals surface area contributed by atoms with Gasteiger partial charge in [0.2, 0.25) is 21.8 Å². The molecule has 7 nitrogen and oxygen atoms in total. The highest BCUT2D eigenvalue weighted by molar-refractivity contribution is 7.92. The van der Waals surface area contributed by atoms with Crippen LogP contribution in [0.5, 0.6) is 0 Å². The van der Waals surface area contributed by atoms with Crippen molar-refractivity contribution in [3.8, 4) is 0 Å². The quantitative estimate of drug-likeness (QED) is 0.469. The van der Waals surface area contributed by atoms with E-state index in [1.54, 1.807) is 36.4 Å². The molecule has 0 bridgehead atoms. The molecule has 2 aromatic rings. The van der Waals surface area contributed by atoms with Gasteiger partial charge in [-0.15, -0.1) is 0 Å². The summed E-state index contributed by atoms with van der Waals surface area (Å²) in [6.45, 7) is 9.09. The summed E-state index contributed by atoms with van der Waals surface area (Å²) in [5.41, 5.74) is 1.94. The van der Waals surface area contributed by atoms with Crippen molar-refractivity contribution in [2.24, 2.45) is 0 Å². The molecule has 0 heterocycles. The highest BCUT2D eigenvalue weighted by Crippen LogP contribution is 2.29. The fourth-order valence-corrected chi connectivity index (χ4v) is 4.97. The van der Waals surface area contributed by atoms with Gasteiger partial charge in [-0.2, -0.15) is 0 Å². The third kappa shape index (κ3) is 7.70. The number of hydrogen-bond acceptors (Lipinski definition) is 4. The predicted octanol–water partition coefficient (Wildman–Crippen LogP) is 4.56. The van der Waals surface area contributed by atoms with Gasteiger partial charge in [0, 0.05) is 17.6 Å². The summed E-state index contributed by atoms with van der Waals surface area (Å²) in [5.74, 6) is -0.735. The van der Waals surface area contributed by atoms with Crippen molar-refractivity contribution in [2.75, 3.05) is 17.1 Å². The molecule has 0 saturated carbocycles. The van der Waals surface area contributed by atoms with Gasteiger partial charge in [0.15, 0.2) is 0 Å². The van der Waals surface area contributed by atoms with Crippen molar-refractivity contribution in [3.63, 3.8) is 0 Å². The Balaban J connectivity index is 2.52. The molecule has 0 aromatic heterocycles. The molecular weight excluding hydrogens is 486 g/mol. The predicted molar refractivity (Wildman–Crippen MR) is 142 cm³/mol. The maximum Gasteiger partial charge on any atom is 0.244 e. The fourth-order valence-electron chi connectivity index (χ4n) is 3.91.